The van der Waals surface area contributed by atoms with Gasteiger partial charge in [-0.3, -0.25) is 4.79 Å². The molecule has 0 bridgehead atoms. The summed E-state index contributed by atoms with van der Waals surface area (Å²) in [6.07, 6.45) is 3.38. The summed E-state index contributed by atoms with van der Waals surface area (Å²) in [5, 5.41) is 5.99. The molecule has 2 amide bonds. The fourth-order valence-electron chi connectivity index (χ4n) is 3.98. The number of benzene rings is 2. The minimum atomic E-state index is -0.504. The molecule has 1 saturated carbocycles. The van der Waals surface area contributed by atoms with Crippen LogP contribution in [0.3, 0.4) is 0 Å². The zero-order chi connectivity index (χ0) is 24.5. The summed E-state index contributed by atoms with van der Waals surface area (Å²) in [5.41, 5.74) is 0.746. The molecule has 0 atom stereocenters. The Morgan fingerprint density at radius 2 is 1.91 bits per heavy atom. The Bertz CT molecular complexity index is 1020. The molecule has 182 valence electrons. The zero-order valence-corrected chi connectivity index (χ0v) is 20.0. The van der Waals surface area contributed by atoms with Gasteiger partial charge in [-0.25, -0.2) is 14.2 Å². The molecule has 0 aliphatic heterocycles. The van der Waals surface area contributed by atoms with Crippen LogP contribution in [0.25, 0.3) is 0 Å². The summed E-state index contributed by atoms with van der Waals surface area (Å²) >= 11 is 5.99. The Morgan fingerprint density at radius 3 is 2.59 bits per heavy atom. The van der Waals surface area contributed by atoms with Crippen molar-refractivity contribution in [3.63, 3.8) is 0 Å². The second kappa shape index (κ2) is 12.4. The summed E-state index contributed by atoms with van der Waals surface area (Å²) in [7, 11) is 1.53. The number of methoxy groups -OCH3 is 1. The predicted octanol–water partition coefficient (Wildman–Crippen LogP) is 5.64. The highest BCUT2D eigenvalue weighted by Crippen LogP contribution is 2.28. The van der Waals surface area contributed by atoms with Gasteiger partial charge in [-0.2, -0.15) is 0 Å². The monoisotopic (exact) mass is 489 g/mol. The molecule has 2 aromatic rings. The maximum atomic E-state index is 13.9. The second-order valence-corrected chi connectivity index (χ2v) is 8.60. The van der Waals surface area contributed by atoms with Crippen LogP contribution in [-0.2, 0) is 4.74 Å². The molecule has 0 radical (unpaired) electrons. The first-order valence-electron chi connectivity index (χ1n) is 11.3. The quantitative estimate of drug-likeness (QED) is 0.389. The number of hydrogen-bond donors (Lipinski definition) is 2. The van der Waals surface area contributed by atoms with Gasteiger partial charge in [-0.1, -0.05) is 17.7 Å². The first-order valence-corrected chi connectivity index (χ1v) is 11.7. The molecule has 2 aromatic carbocycles. The van der Waals surface area contributed by atoms with Gasteiger partial charge in [-0.05, 0) is 74.9 Å². The molecule has 9 heteroatoms. The van der Waals surface area contributed by atoms with Gasteiger partial charge >= 0.3 is 6.09 Å². The molecule has 7 nitrogen and oxygen atoms in total. The molecule has 0 saturated heterocycles. The third kappa shape index (κ3) is 7.73. The van der Waals surface area contributed by atoms with Crippen LogP contribution in [0.2, 0.25) is 5.02 Å². The number of hydrogen-bond acceptors (Lipinski definition) is 5. The van der Waals surface area contributed by atoms with E-state index in [0.717, 1.165) is 25.7 Å². The molecule has 0 heterocycles. The maximum Gasteiger partial charge on any atom is 0.407 e. The van der Waals surface area contributed by atoms with Gasteiger partial charge in [0.1, 0.15) is 17.4 Å². The van der Waals surface area contributed by atoms with Gasteiger partial charge in [0, 0.05) is 23.0 Å². The van der Waals surface area contributed by atoms with Crippen molar-refractivity contribution < 1.29 is 23.5 Å². The van der Waals surface area contributed by atoms with Gasteiger partial charge in [0.15, 0.2) is 0 Å². The number of rotatable bonds is 7. The average molecular weight is 490 g/mol. The Kier molecular flexibility index (Phi) is 9.27. The predicted molar refractivity (Wildman–Crippen MR) is 129 cm³/mol. The maximum absolute atomic E-state index is 13.9. The molecular weight excluding hydrogens is 461 g/mol. The Hall–Kier alpha value is -3.13. The first kappa shape index (κ1) is 25.5. The van der Waals surface area contributed by atoms with E-state index in [1.807, 2.05) is 0 Å². The van der Waals surface area contributed by atoms with E-state index in [1.165, 1.54) is 19.2 Å². The normalized spacial score (nSPS) is 18.2. The van der Waals surface area contributed by atoms with Crippen LogP contribution in [0.1, 0.15) is 49.4 Å². The van der Waals surface area contributed by atoms with Crippen molar-refractivity contribution in [1.29, 1.82) is 0 Å². The van der Waals surface area contributed by atoms with E-state index in [9.17, 15) is 14.0 Å². The molecule has 0 aromatic heterocycles. The van der Waals surface area contributed by atoms with E-state index < -0.39 is 11.9 Å². The van der Waals surface area contributed by atoms with E-state index in [-0.39, 0.29) is 22.9 Å². The van der Waals surface area contributed by atoms with Crippen molar-refractivity contribution in [3.8, 4) is 5.75 Å². The zero-order valence-electron chi connectivity index (χ0n) is 19.3. The molecule has 1 aliphatic rings. The molecule has 1 aliphatic carbocycles. The van der Waals surface area contributed by atoms with Crippen LogP contribution in [0.4, 0.5) is 14.9 Å². The van der Waals surface area contributed by atoms with E-state index in [2.05, 4.69) is 15.6 Å². The molecule has 2 N–H and O–H groups in total. The standard InChI is InChI=1S/C25H29ClFN3O4/c1-3-34-25(32)29-20-9-7-16(8-10-20)11-23(28-21-14-18(26)13-19(27)15-21)30-24(31)17-5-4-6-22(12-17)33-2/h4-6,12-16,20H,3,7-11H2,1-2H3,(H,29,32)(H,28,30,31). The van der Waals surface area contributed by atoms with Crippen molar-refractivity contribution >= 4 is 35.1 Å². The number of carbonyl (C=O) groups is 2. The Balaban J connectivity index is 1.72. The van der Waals surface area contributed by atoms with Crippen molar-refractivity contribution in [2.45, 2.75) is 45.1 Å². The van der Waals surface area contributed by atoms with Crippen LogP contribution in [0.15, 0.2) is 47.5 Å². The number of halogens is 2. The Morgan fingerprint density at radius 1 is 1.15 bits per heavy atom. The lowest BCUT2D eigenvalue weighted by Gasteiger charge is -2.29. The Labute approximate surface area is 203 Å². The minimum Gasteiger partial charge on any atom is -0.497 e. The fraction of sp³-hybridized carbons (Fsp3) is 0.400. The van der Waals surface area contributed by atoms with Gasteiger partial charge in [0.2, 0.25) is 0 Å². The van der Waals surface area contributed by atoms with E-state index >= 15 is 0 Å². The smallest absolute Gasteiger partial charge is 0.407 e. The fourth-order valence-corrected chi connectivity index (χ4v) is 4.19. The number of alkyl carbamates (subject to hydrolysis) is 1. The number of carbonyl (C=O) groups excluding carboxylic acids is 2. The van der Waals surface area contributed by atoms with E-state index in [1.54, 1.807) is 37.3 Å². The molecule has 0 unspecified atom stereocenters. The largest absolute Gasteiger partial charge is 0.497 e. The molecule has 34 heavy (non-hydrogen) atoms. The molecule has 3 rings (SSSR count). The van der Waals surface area contributed by atoms with Crippen LogP contribution in [-0.4, -0.2) is 37.6 Å². The van der Waals surface area contributed by atoms with Crippen molar-refractivity contribution in [2.75, 3.05) is 13.7 Å². The lowest BCUT2D eigenvalue weighted by molar-refractivity contribution is 0.0975. The summed E-state index contributed by atoms with van der Waals surface area (Å²) < 4.78 is 24.0. The number of nitrogens with one attached hydrogen (secondary N) is 2. The van der Waals surface area contributed by atoms with Gasteiger partial charge in [0.25, 0.3) is 5.91 Å². The van der Waals surface area contributed by atoms with Gasteiger partial charge in [0.05, 0.1) is 19.4 Å². The summed E-state index contributed by atoms with van der Waals surface area (Å²) in [4.78, 5) is 29.1. The summed E-state index contributed by atoms with van der Waals surface area (Å²) in [6.45, 7) is 2.10. The van der Waals surface area contributed by atoms with Crippen molar-refractivity contribution in [1.82, 2.24) is 10.6 Å². The highest BCUT2D eigenvalue weighted by Gasteiger charge is 2.25. The first-order chi connectivity index (χ1) is 16.4. The van der Waals surface area contributed by atoms with Crippen molar-refractivity contribution in [3.05, 3.63) is 58.9 Å². The number of amides is 2. The number of aliphatic imine (C=N–C) groups is 1. The lowest BCUT2D eigenvalue weighted by atomic mass is 9.84. The van der Waals surface area contributed by atoms with Gasteiger partial charge in [-0.15, -0.1) is 0 Å². The second-order valence-electron chi connectivity index (χ2n) is 8.16. The third-order valence-corrected chi connectivity index (χ3v) is 5.85. The van der Waals surface area contributed by atoms with Crippen LogP contribution >= 0.6 is 11.6 Å². The average Bonchev–Trinajstić information content (AvgIpc) is 2.80. The van der Waals surface area contributed by atoms with E-state index in [4.69, 9.17) is 21.1 Å². The topological polar surface area (TPSA) is 89.0 Å². The van der Waals surface area contributed by atoms with E-state index in [0.29, 0.717) is 35.9 Å². The molecular formula is C25H29ClFN3O4. The highest BCUT2D eigenvalue weighted by atomic mass is 35.5. The summed E-state index contributed by atoms with van der Waals surface area (Å²) in [5.74, 6) is 0.397. The third-order valence-electron chi connectivity index (χ3n) is 5.63. The number of amidine groups is 1. The molecule has 1 fully saturated rings. The van der Waals surface area contributed by atoms with Crippen LogP contribution in [0, 0.1) is 11.7 Å². The number of nitrogens with zero attached hydrogens (tertiary/aromatic N) is 1. The van der Waals surface area contributed by atoms with Gasteiger partial charge < -0.3 is 20.1 Å². The minimum absolute atomic E-state index is 0.0593. The molecule has 0 spiro atoms. The lowest BCUT2D eigenvalue weighted by Crippen LogP contribution is -2.39. The summed E-state index contributed by atoms with van der Waals surface area (Å²) in [6, 6.07) is 10.9. The number of ether oxygens (including phenoxy) is 2. The van der Waals surface area contributed by atoms with Crippen LogP contribution in [0.5, 0.6) is 5.75 Å². The van der Waals surface area contributed by atoms with Crippen molar-refractivity contribution in [2.24, 2.45) is 10.9 Å². The SMILES string of the molecule is CCOC(=O)NC1CCC(CC(=Nc2cc(F)cc(Cl)c2)NC(=O)c2cccc(OC)c2)CC1. The van der Waals surface area contributed by atoms with Crippen LogP contribution < -0.4 is 15.4 Å². The highest BCUT2D eigenvalue weighted by molar-refractivity contribution is 6.30.